The Morgan fingerprint density at radius 1 is 1.17 bits per heavy atom. The SMILES string of the molecule is Cc1noc(=O)c2ccc(NC(=O)C(O)(CC(C)c3ccccc3)C(F)(F)F)cc12. The molecule has 0 aliphatic rings. The molecule has 0 aliphatic carbocycles. The number of benzene rings is 2. The molecule has 0 fully saturated rings. The standard InChI is InChI=1S/C21H19F3N2O4/c1-12(14-6-4-3-5-7-14)11-20(29,21(22,23)24)19(28)25-15-8-9-16-17(10-15)13(2)26-30-18(16)27/h3-10,12,29H,11H2,1-2H3,(H,25,28). The summed E-state index contributed by atoms with van der Waals surface area (Å²) in [4.78, 5) is 24.3. The summed E-state index contributed by atoms with van der Waals surface area (Å²) in [5.41, 5.74) is -3.45. The van der Waals surface area contributed by atoms with Gasteiger partial charge in [-0.2, -0.15) is 13.2 Å². The molecule has 0 saturated carbocycles. The van der Waals surface area contributed by atoms with Crippen molar-refractivity contribution in [2.45, 2.75) is 38.0 Å². The van der Waals surface area contributed by atoms with Crippen LogP contribution in [0.25, 0.3) is 10.8 Å². The summed E-state index contributed by atoms with van der Waals surface area (Å²) in [6, 6.07) is 12.2. The minimum atomic E-state index is -5.20. The number of halogens is 3. The number of aryl methyl sites for hydroxylation is 1. The van der Waals surface area contributed by atoms with E-state index >= 15 is 0 Å². The second-order valence-corrected chi connectivity index (χ2v) is 7.14. The van der Waals surface area contributed by atoms with Crippen molar-refractivity contribution in [3.63, 3.8) is 0 Å². The molecule has 2 atom stereocenters. The van der Waals surface area contributed by atoms with E-state index in [2.05, 4.69) is 15.0 Å². The zero-order valence-corrected chi connectivity index (χ0v) is 16.2. The minimum Gasteiger partial charge on any atom is -0.373 e. The number of carbonyl (C=O) groups excluding carboxylic acids is 1. The fourth-order valence-corrected chi connectivity index (χ4v) is 3.22. The number of fused-ring (bicyclic) bond motifs is 1. The molecule has 0 aliphatic heterocycles. The highest BCUT2D eigenvalue weighted by atomic mass is 19.4. The first-order valence-corrected chi connectivity index (χ1v) is 9.09. The lowest BCUT2D eigenvalue weighted by Crippen LogP contribution is -2.55. The minimum absolute atomic E-state index is 0.0157. The predicted molar refractivity (Wildman–Crippen MR) is 104 cm³/mol. The Kier molecular flexibility index (Phi) is 5.67. The summed E-state index contributed by atoms with van der Waals surface area (Å²) >= 11 is 0. The van der Waals surface area contributed by atoms with Crippen LogP contribution in [0.15, 0.2) is 57.8 Å². The third-order valence-corrected chi connectivity index (χ3v) is 4.97. The molecular weight excluding hydrogens is 401 g/mol. The topological polar surface area (TPSA) is 92.4 Å². The second-order valence-electron chi connectivity index (χ2n) is 7.14. The Balaban J connectivity index is 1.92. The Morgan fingerprint density at radius 3 is 2.47 bits per heavy atom. The Labute approximate surface area is 169 Å². The van der Waals surface area contributed by atoms with Crippen molar-refractivity contribution in [3.05, 3.63) is 70.2 Å². The van der Waals surface area contributed by atoms with E-state index in [0.29, 0.717) is 16.6 Å². The van der Waals surface area contributed by atoms with Gasteiger partial charge in [0.1, 0.15) is 0 Å². The van der Waals surface area contributed by atoms with Crippen LogP contribution in [-0.4, -0.2) is 27.9 Å². The molecule has 6 nitrogen and oxygen atoms in total. The molecule has 0 spiro atoms. The molecule has 30 heavy (non-hydrogen) atoms. The molecule has 0 bridgehead atoms. The first kappa shape index (κ1) is 21.5. The summed E-state index contributed by atoms with van der Waals surface area (Å²) in [5, 5.41) is 16.6. The largest absolute Gasteiger partial charge is 0.426 e. The number of carbonyl (C=O) groups is 1. The van der Waals surface area contributed by atoms with Gasteiger partial charge in [0.25, 0.3) is 5.91 Å². The van der Waals surface area contributed by atoms with E-state index in [4.69, 9.17) is 0 Å². The maximum atomic E-state index is 13.7. The van der Waals surface area contributed by atoms with Crippen LogP contribution in [0, 0.1) is 6.92 Å². The third kappa shape index (κ3) is 4.06. The lowest BCUT2D eigenvalue weighted by atomic mass is 9.85. The van der Waals surface area contributed by atoms with Crippen molar-refractivity contribution in [1.29, 1.82) is 0 Å². The van der Waals surface area contributed by atoms with Crippen molar-refractivity contribution in [2.24, 2.45) is 0 Å². The molecule has 1 heterocycles. The van der Waals surface area contributed by atoms with Crippen LogP contribution in [0.1, 0.15) is 30.5 Å². The molecule has 9 heteroatoms. The number of aliphatic hydroxyl groups is 1. The maximum Gasteiger partial charge on any atom is 0.426 e. The van der Waals surface area contributed by atoms with E-state index < -0.39 is 35.6 Å². The number of anilines is 1. The smallest absolute Gasteiger partial charge is 0.373 e. The zero-order chi connectivity index (χ0) is 22.1. The highest BCUT2D eigenvalue weighted by Crippen LogP contribution is 2.39. The first-order chi connectivity index (χ1) is 14.0. The van der Waals surface area contributed by atoms with Crippen LogP contribution in [0.2, 0.25) is 0 Å². The van der Waals surface area contributed by atoms with Crippen LogP contribution in [0.5, 0.6) is 0 Å². The van der Waals surface area contributed by atoms with Gasteiger partial charge in [-0.3, -0.25) is 4.79 Å². The number of hydrogen-bond acceptors (Lipinski definition) is 5. The van der Waals surface area contributed by atoms with E-state index in [-0.39, 0.29) is 11.1 Å². The van der Waals surface area contributed by atoms with Gasteiger partial charge in [-0.1, -0.05) is 42.4 Å². The molecular formula is C21H19F3N2O4. The normalized spacial score (nSPS) is 14.9. The van der Waals surface area contributed by atoms with Crippen molar-refractivity contribution in [2.75, 3.05) is 5.32 Å². The summed E-state index contributed by atoms with van der Waals surface area (Å²) < 4.78 is 45.8. The highest BCUT2D eigenvalue weighted by molar-refractivity contribution is 5.99. The third-order valence-electron chi connectivity index (χ3n) is 4.97. The molecule has 2 unspecified atom stereocenters. The van der Waals surface area contributed by atoms with Gasteiger partial charge in [0.2, 0.25) is 5.60 Å². The van der Waals surface area contributed by atoms with Crippen LogP contribution in [-0.2, 0) is 4.79 Å². The number of hydrogen-bond donors (Lipinski definition) is 2. The number of rotatable bonds is 5. The fourth-order valence-electron chi connectivity index (χ4n) is 3.22. The summed E-state index contributed by atoms with van der Waals surface area (Å²) in [6.45, 7) is 3.05. The van der Waals surface area contributed by atoms with Crippen molar-refractivity contribution >= 4 is 22.4 Å². The Bertz CT molecular complexity index is 1130. The lowest BCUT2D eigenvalue weighted by molar-refractivity contribution is -0.252. The van der Waals surface area contributed by atoms with E-state index in [9.17, 15) is 27.9 Å². The molecule has 3 rings (SSSR count). The molecule has 1 aromatic heterocycles. The molecule has 3 aromatic rings. The highest BCUT2D eigenvalue weighted by Gasteiger charge is 2.59. The van der Waals surface area contributed by atoms with Gasteiger partial charge in [0.05, 0.1) is 11.1 Å². The van der Waals surface area contributed by atoms with Crippen LogP contribution in [0.3, 0.4) is 0 Å². The number of alkyl halides is 3. The maximum absolute atomic E-state index is 13.7. The first-order valence-electron chi connectivity index (χ1n) is 9.09. The number of nitrogens with one attached hydrogen (secondary N) is 1. The van der Waals surface area contributed by atoms with Gasteiger partial charge in [-0.05, 0) is 36.6 Å². The summed E-state index contributed by atoms with van der Waals surface area (Å²) in [6.07, 6.45) is -6.06. The van der Waals surface area contributed by atoms with Gasteiger partial charge in [-0.25, -0.2) is 4.79 Å². The molecule has 0 radical (unpaired) electrons. The predicted octanol–water partition coefficient (Wildman–Crippen LogP) is 3.92. The van der Waals surface area contributed by atoms with Gasteiger partial charge in [-0.15, -0.1) is 0 Å². The fraction of sp³-hybridized carbons (Fsp3) is 0.286. The Morgan fingerprint density at radius 2 is 1.83 bits per heavy atom. The molecule has 0 saturated heterocycles. The molecule has 1 amide bonds. The van der Waals surface area contributed by atoms with Crippen molar-refractivity contribution < 1.29 is 27.6 Å². The Hall–Kier alpha value is -3.20. The second kappa shape index (κ2) is 7.91. The summed E-state index contributed by atoms with van der Waals surface area (Å²) in [7, 11) is 0. The molecule has 158 valence electrons. The lowest BCUT2D eigenvalue weighted by Gasteiger charge is -2.31. The van der Waals surface area contributed by atoms with Crippen LogP contribution >= 0.6 is 0 Å². The van der Waals surface area contributed by atoms with E-state index in [1.165, 1.54) is 25.1 Å². The van der Waals surface area contributed by atoms with E-state index in [1.807, 2.05) is 0 Å². The van der Waals surface area contributed by atoms with Gasteiger partial charge >= 0.3 is 11.8 Å². The van der Waals surface area contributed by atoms with E-state index in [1.54, 1.807) is 37.3 Å². The van der Waals surface area contributed by atoms with Crippen LogP contribution < -0.4 is 10.9 Å². The zero-order valence-electron chi connectivity index (χ0n) is 16.2. The van der Waals surface area contributed by atoms with Crippen molar-refractivity contribution in [3.8, 4) is 0 Å². The van der Waals surface area contributed by atoms with Gasteiger partial charge in [0, 0.05) is 17.5 Å². The monoisotopic (exact) mass is 420 g/mol. The van der Waals surface area contributed by atoms with E-state index in [0.717, 1.165) is 0 Å². The molecule has 2 N–H and O–H groups in total. The quantitative estimate of drug-likeness (QED) is 0.653. The summed E-state index contributed by atoms with van der Waals surface area (Å²) in [5.74, 6) is -2.35. The number of nitrogens with zero attached hydrogens (tertiary/aromatic N) is 1. The average Bonchev–Trinajstić information content (AvgIpc) is 2.70. The number of aromatic nitrogens is 1. The van der Waals surface area contributed by atoms with Crippen LogP contribution in [0.4, 0.5) is 18.9 Å². The van der Waals surface area contributed by atoms with Gasteiger partial charge < -0.3 is 14.9 Å². The van der Waals surface area contributed by atoms with Crippen molar-refractivity contribution in [1.82, 2.24) is 5.16 Å². The van der Waals surface area contributed by atoms with Gasteiger partial charge in [0.15, 0.2) is 0 Å². The molecule has 2 aromatic carbocycles. The average molecular weight is 420 g/mol. The number of amides is 1.